The average Bonchev–Trinajstić information content (AvgIpc) is 3.75. The van der Waals surface area contributed by atoms with E-state index in [4.69, 9.17) is 24.2 Å². The number of likely N-dealkylation sites (tertiary alicyclic amines) is 2. The van der Waals surface area contributed by atoms with E-state index in [1.54, 1.807) is 7.11 Å². The topological polar surface area (TPSA) is 184 Å². The molecule has 15 nitrogen and oxygen atoms in total. The van der Waals surface area contributed by atoms with Crippen LogP contribution in [-0.2, 0) is 23.8 Å². The number of amides is 4. The number of alkyl carbamates (subject to hydrolysis) is 2. The summed E-state index contributed by atoms with van der Waals surface area (Å²) in [7, 11) is 4.25. The highest BCUT2D eigenvalue weighted by atomic mass is 16.5. The fourth-order valence-electron chi connectivity index (χ4n) is 10.3. The molecule has 0 radical (unpaired) electrons. The van der Waals surface area contributed by atoms with Crippen molar-refractivity contribution in [2.75, 3.05) is 34.5 Å². The smallest absolute Gasteiger partial charge is 0.407 e. The van der Waals surface area contributed by atoms with Crippen LogP contribution >= 0.6 is 0 Å². The minimum Gasteiger partial charge on any atom is -0.453 e. The summed E-state index contributed by atoms with van der Waals surface area (Å²) >= 11 is 0. The lowest BCUT2D eigenvalue weighted by Gasteiger charge is -2.30. The maximum atomic E-state index is 14.3. The highest BCUT2D eigenvalue weighted by Gasteiger charge is 2.56. The molecule has 4 amide bonds. The van der Waals surface area contributed by atoms with Crippen LogP contribution in [0.25, 0.3) is 54.7 Å². The number of aromatic nitrogens is 4. The van der Waals surface area contributed by atoms with Crippen LogP contribution in [0.5, 0.6) is 0 Å². The zero-order valence-corrected chi connectivity index (χ0v) is 37.0. The Kier molecular flexibility index (Phi) is 10.9. The Hall–Kier alpha value is -7.00. The molecule has 2 aromatic heterocycles. The van der Waals surface area contributed by atoms with Crippen LogP contribution in [0.3, 0.4) is 0 Å². The zero-order valence-electron chi connectivity index (χ0n) is 37.0. The van der Waals surface area contributed by atoms with Crippen molar-refractivity contribution in [1.82, 2.24) is 40.4 Å². The number of rotatable bonds is 11. The minimum absolute atomic E-state index is 0.0989. The second-order valence-electron chi connectivity index (χ2n) is 18.0. The number of methoxy groups -OCH3 is 3. The van der Waals surface area contributed by atoms with Crippen molar-refractivity contribution in [1.29, 1.82) is 0 Å². The molecule has 1 unspecified atom stereocenters. The van der Waals surface area contributed by atoms with Gasteiger partial charge in [0.25, 0.3) is 5.91 Å². The third kappa shape index (κ3) is 7.66. The number of nitrogens with zero attached hydrogens (tertiary/aromatic N) is 4. The largest absolute Gasteiger partial charge is 0.453 e. The number of fused-ring (bicyclic) bond motifs is 7. The summed E-state index contributed by atoms with van der Waals surface area (Å²) in [5, 5.41) is 9.58. The highest BCUT2D eigenvalue weighted by Crippen LogP contribution is 2.54. The third-order valence-corrected chi connectivity index (χ3v) is 13.6. The number of nitrogens with one attached hydrogen (secondary N) is 4. The van der Waals surface area contributed by atoms with Crippen LogP contribution in [0.1, 0.15) is 68.4 Å². The standard InChI is InChI=1S/C50H52N8O7/c1-26(2)41(55-49(61)64-4)47(59)57-24-27(25-63-3)19-39(57)45-51-36-17-13-31-20-29(11-15-34(31)43(36)53-45)30-12-16-35-32(21-30)14-18-37-44(35)54-46(52-37)40-23-33-22-38(33)58(40)48(60)42(56-50(62)65-5)28-9-7-6-8-10-28/h6-18,20-21,26-27,33,38-42H,19,22-25H2,1-5H3,(H,51,53)(H,52,54)(H,55,61)(H,56,62)/t27-,33?,38+,39-,40-,41-,42+/m0/s1. The monoisotopic (exact) mass is 876 g/mol. The van der Waals surface area contributed by atoms with Crippen molar-refractivity contribution in [3.63, 3.8) is 0 Å². The molecule has 2 saturated heterocycles. The Morgan fingerprint density at radius 2 is 1.31 bits per heavy atom. The molecule has 10 rings (SSSR count). The molecule has 3 fully saturated rings. The molecule has 1 saturated carbocycles. The maximum absolute atomic E-state index is 14.3. The van der Waals surface area contributed by atoms with Crippen molar-refractivity contribution >= 4 is 67.6 Å². The first kappa shape index (κ1) is 42.0. The first-order valence-electron chi connectivity index (χ1n) is 22.2. The van der Waals surface area contributed by atoms with Crippen molar-refractivity contribution in [3.05, 3.63) is 108 Å². The number of H-pyrrole nitrogens is 2. The van der Waals surface area contributed by atoms with Crippen LogP contribution in [-0.4, -0.2) is 100 Å². The number of piperidine rings is 1. The molecule has 3 aliphatic rings. The SMILES string of the molecule is COC[C@H]1C[C@@H](c2nc3c(ccc4cc(-c5ccc6c(ccc7[nH]c([C@@H]8CC9C[C@H]9N8C(=O)[C@H](NC(=O)OC)c8ccccc8)nc76)c5)ccc43)[nH]2)N(C(=O)[C@@H](NC(=O)OC)C(C)C)C1. The van der Waals surface area contributed by atoms with Crippen molar-refractivity contribution < 1.29 is 33.4 Å². The van der Waals surface area contributed by atoms with Gasteiger partial charge in [-0.1, -0.05) is 80.6 Å². The predicted octanol–water partition coefficient (Wildman–Crippen LogP) is 8.09. The molecule has 0 spiro atoms. The Labute approximate surface area is 375 Å². The van der Waals surface area contributed by atoms with Gasteiger partial charge in [-0.05, 0) is 82.8 Å². The average molecular weight is 877 g/mol. The lowest BCUT2D eigenvalue weighted by Crippen LogP contribution is -2.51. The van der Waals surface area contributed by atoms with E-state index < -0.39 is 24.3 Å². The summed E-state index contributed by atoms with van der Waals surface area (Å²) in [4.78, 5) is 74.1. The quantitative estimate of drug-likeness (QED) is 0.0998. The number of carbonyl (C=O) groups excluding carboxylic acids is 4. The molecular formula is C50H52N8O7. The molecule has 7 aromatic rings. The summed E-state index contributed by atoms with van der Waals surface area (Å²) in [6.07, 6.45) is 1.10. The van der Waals surface area contributed by atoms with Crippen molar-refractivity contribution in [2.45, 2.75) is 63.3 Å². The van der Waals surface area contributed by atoms with E-state index in [0.717, 1.165) is 73.4 Å². The maximum Gasteiger partial charge on any atom is 0.407 e. The van der Waals surface area contributed by atoms with Gasteiger partial charge in [-0.3, -0.25) is 9.59 Å². The van der Waals surface area contributed by atoms with Gasteiger partial charge < -0.3 is 44.6 Å². The second-order valence-corrected chi connectivity index (χ2v) is 18.0. The number of hydrogen-bond acceptors (Lipinski definition) is 9. The highest BCUT2D eigenvalue weighted by molar-refractivity contribution is 6.07. The van der Waals surface area contributed by atoms with Gasteiger partial charge in [-0.2, -0.15) is 0 Å². The van der Waals surface area contributed by atoms with Gasteiger partial charge in [0.05, 0.1) is 55.0 Å². The van der Waals surface area contributed by atoms with E-state index >= 15 is 0 Å². The molecule has 4 heterocycles. The summed E-state index contributed by atoms with van der Waals surface area (Å²) in [5.74, 6) is 1.42. The lowest BCUT2D eigenvalue weighted by atomic mass is 9.98. The van der Waals surface area contributed by atoms with Gasteiger partial charge in [0.1, 0.15) is 23.7 Å². The molecule has 5 aromatic carbocycles. The van der Waals surface area contributed by atoms with Crippen LogP contribution in [0.15, 0.2) is 91.0 Å². The summed E-state index contributed by atoms with van der Waals surface area (Å²) < 4.78 is 15.3. The molecule has 2 aliphatic heterocycles. The lowest BCUT2D eigenvalue weighted by molar-refractivity contribution is -0.136. The molecule has 15 heteroatoms. The van der Waals surface area contributed by atoms with Gasteiger partial charge in [0.15, 0.2) is 0 Å². The fraction of sp³-hybridized carbons (Fsp3) is 0.360. The van der Waals surface area contributed by atoms with Crippen LogP contribution in [0.2, 0.25) is 0 Å². The van der Waals surface area contributed by atoms with Gasteiger partial charge in [-0.15, -0.1) is 0 Å². The second kappa shape index (κ2) is 16.8. The zero-order chi connectivity index (χ0) is 45.1. The van der Waals surface area contributed by atoms with Crippen molar-refractivity contribution in [2.24, 2.45) is 17.8 Å². The molecular weight excluding hydrogens is 825 g/mol. The predicted molar refractivity (Wildman–Crippen MR) is 246 cm³/mol. The molecule has 4 N–H and O–H groups in total. The van der Waals surface area contributed by atoms with Crippen LogP contribution < -0.4 is 10.6 Å². The van der Waals surface area contributed by atoms with E-state index in [1.165, 1.54) is 14.2 Å². The third-order valence-electron chi connectivity index (χ3n) is 13.6. The number of aromatic amines is 2. The molecule has 7 atom stereocenters. The van der Waals surface area contributed by atoms with E-state index in [9.17, 15) is 19.2 Å². The first-order valence-corrected chi connectivity index (χ1v) is 22.2. The van der Waals surface area contributed by atoms with Crippen LogP contribution in [0.4, 0.5) is 9.59 Å². The molecule has 1 aliphatic carbocycles. The Balaban J connectivity index is 0.923. The normalized spacial score (nSPS) is 21.2. The van der Waals surface area contributed by atoms with E-state index in [1.807, 2.05) is 66.1 Å². The Bertz CT molecular complexity index is 2980. The molecule has 65 heavy (non-hydrogen) atoms. The number of carbonyl (C=O) groups is 4. The van der Waals surface area contributed by atoms with Gasteiger partial charge in [0.2, 0.25) is 5.91 Å². The first-order chi connectivity index (χ1) is 31.5. The van der Waals surface area contributed by atoms with E-state index in [-0.39, 0.29) is 41.8 Å². The van der Waals surface area contributed by atoms with E-state index in [2.05, 4.69) is 69.1 Å². The summed E-state index contributed by atoms with van der Waals surface area (Å²) in [6.45, 7) is 4.79. The number of imidazole rings is 2. The summed E-state index contributed by atoms with van der Waals surface area (Å²) in [6, 6.07) is 28.2. The van der Waals surface area contributed by atoms with Gasteiger partial charge in [-0.25, -0.2) is 19.6 Å². The van der Waals surface area contributed by atoms with Crippen LogP contribution in [0, 0.1) is 17.8 Å². The molecule has 334 valence electrons. The summed E-state index contributed by atoms with van der Waals surface area (Å²) in [5.41, 5.74) is 6.24. The van der Waals surface area contributed by atoms with Gasteiger partial charge in [0, 0.05) is 36.4 Å². The van der Waals surface area contributed by atoms with Gasteiger partial charge >= 0.3 is 12.2 Å². The molecule has 0 bridgehead atoms. The number of benzene rings is 5. The van der Waals surface area contributed by atoms with E-state index in [0.29, 0.717) is 36.9 Å². The number of ether oxygens (including phenoxy) is 3. The minimum atomic E-state index is -0.886. The Morgan fingerprint density at radius 3 is 1.89 bits per heavy atom. The fourth-order valence-corrected chi connectivity index (χ4v) is 10.3. The van der Waals surface area contributed by atoms with Crippen molar-refractivity contribution in [3.8, 4) is 11.1 Å². The Morgan fingerprint density at radius 1 is 0.708 bits per heavy atom. The number of hydrogen-bond donors (Lipinski definition) is 4.